The first-order valence-corrected chi connectivity index (χ1v) is 3.82. The van der Waals surface area contributed by atoms with Gasteiger partial charge in [0.2, 0.25) is 0 Å². The molecule has 10 heavy (non-hydrogen) atoms. The average molecular weight is 146 g/mol. The van der Waals surface area contributed by atoms with Crippen molar-refractivity contribution in [1.29, 1.82) is 0 Å². The standard InChI is InChI=1S/C7H18N2O/c1-3-5(8)7(9)6(10)4-2/h5-7,10H,3-4,8-9H2,1-2H3. The van der Waals surface area contributed by atoms with E-state index in [2.05, 4.69) is 0 Å². The molecule has 62 valence electrons. The molecule has 0 aromatic carbocycles. The molecule has 0 saturated carbocycles. The molecule has 0 bridgehead atoms. The van der Waals surface area contributed by atoms with Gasteiger partial charge in [0, 0.05) is 12.1 Å². The Morgan fingerprint density at radius 3 is 2.00 bits per heavy atom. The highest BCUT2D eigenvalue weighted by Crippen LogP contribution is 2.01. The second-order valence-electron chi connectivity index (χ2n) is 2.63. The quantitative estimate of drug-likeness (QED) is 0.515. The topological polar surface area (TPSA) is 72.3 Å². The molecule has 0 amide bonds. The molecule has 3 atom stereocenters. The Hall–Kier alpha value is -0.120. The molecule has 3 nitrogen and oxygen atoms in total. The minimum atomic E-state index is -0.449. The predicted molar refractivity (Wildman–Crippen MR) is 42.5 cm³/mol. The van der Waals surface area contributed by atoms with E-state index in [4.69, 9.17) is 11.5 Å². The lowest BCUT2D eigenvalue weighted by Gasteiger charge is -2.22. The molecule has 3 heteroatoms. The highest BCUT2D eigenvalue weighted by atomic mass is 16.3. The fourth-order valence-electron chi connectivity index (χ4n) is 0.830. The van der Waals surface area contributed by atoms with Crippen LogP contribution in [0.15, 0.2) is 0 Å². The molecule has 5 N–H and O–H groups in total. The lowest BCUT2D eigenvalue weighted by Crippen LogP contribution is -2.48. The summed E-state index contributed by atoms with van der Waals surface area (Å²) >= 11 is 0. The first-order valence-electron chi connectivity index (χ1n) is 3.82. The minimum Gasteiger partial charge on any atom is -0.391 e. The zero-order valence-electron chi connectivity index (χ0n) is 6.75. The van der Waals surface area contributed by atoms with Gasteiger partial charge in [-0.05, 0) is 12.8 Å². The smallest absolute Gasteiger partial charge is 0.0703 e. The molecule has 0 aliphatic carbocycles. The van der Waals surface area contributed by atoms with Crippen LogP contribution in [-0.4, -0.2) is 23.3 Å². The van der Waals surface area contributed by atoms with Crippen molar-refractivity contribution in [2.24, 2.45) is 11.5 Å². The van der Waals surface area contributed by atoms with Crippen LogP contribution >= 0.6 is 0 Å². The maximum Gasteiger partial charge on any atom is 0.0703 e. The van der Waals surface area contributed by atoms with Crippen molar-refractivity contribution in [3.8, 4) is 0 Å². The van der Waals surface area contributed by atoms with Gasteiger partial charge in [0.25, 0.3) is 0 Å². The number of rotatable bonds is 4. The van der Waals surface area contributed by atoms with Crippen LogP contribution < -0.4 is 11.5 Å². The van der Waals surface area contributed by atoms with E-state index in [0.717, 1.165) is 6.42 Å². The van der Waals surface area contributed by atoms with E-state index in [-0.39, 0.29) is 12.1 Å². The summed E-state index contributed by atoms with van der Waals surface area (Å²) in [5.74, 6) is 0. The summed E-state index contributed by atoms with van der Waals surface area (Å²) in [4.78, 5) is 0. The Kier molecular flexibility index (Phi) is 4.60. The summed E-state index contributed by atoms with van der Waals surface area (Å²) < 4.78 is 0. The van der Waals surface area contributed by atoms with Crippen molar-refractivity contribution < 1.29 is 5.11 Å². The molecular formula is C7H18N2O. The van der Waals surface area contributed by atoms with Crippen LogP contribution in [0.1, 0.15) is 26.7 Å². The first-order chi connectivity index (χ1) is 4.63. The van der Waals surface area contributed by atoms with Crippen molar-refractivity contribution in [2.45, 2.75) is 44.9 Å². The third-order valence-electron chi connectivity index (χ3n) is 1.83. The first kappa shape index (κ1) is 9.88. The third kappa shape index (κ3) is 2.64. The van der Waals surface area contributed by atoms with Crippen LogP contribution in [0.25, 0.3) is 0 Å². The predicted octanol–water partition coefficient (Wildman–Crippen LogP) is -0.178. The monoisotopic (exact) mass is 146 g/mol. The zero-order chi connectivity index (χ0) is 8.15. The third-order valence-corrected chi connectivity index (χ3v) is 1.83. The zero-order valence-corrected chi connectivity index (χ0v) is 6.75. The summed E-state index contributed by atoms with van der Waals surface area (Å²) in [5, 5.41) is 9.22. The summed E-state index contributed by atoms with van der Waals surface area (Å²) in [6, 6.07) is -0.343. The van der Waals surface area contributed by atoms with Crippen LogP contribution in [0, 0.1) is 0 Å². The Morgan fingerprint density at radius 2 is 1.70 bits per heavy atom. The van der Waals surface area contributed by atoms with Crippen LogP contribution in [-0.2, 0) is 0 Å². The van der Waals surface area contributed by atoms with Gasteiger partial charge in [-0.15, -0.1) is 0 Å². The summed E-state index contributed by atoms with van der Waals surface area (Å²) in [6.45, 7) is 3.86. The highest BCUT2D eigenvalue weighted by molar-refractivity contribution is 4.80. The molecule has 0 rings (SSSR count). The highest BCUT2D eigenvalue weighted by Gasteiger charge is 2.18. The Balaban J connectivity index is 3.69. The van der Waals surface area contributed by atoms with Crippen LogP contribution in [0.2, 0.25) is 0 Å². The van der Waals surface area contributed by atoms with Gasteiger partial charge in [0.1, 0.15) is 0 Å². The maximum atomic E-state index is 9.22. The summed E-state index contributed by atoms with van der Waals surface area (Å²) in [6.07, 6.45) is 1.04. The van der Waals surface area contributed by atoms with Gasteiger partial charge < -0.3 is 16.6 Å². The van der Waals surface area contributed by atoms with E-state index in [9.17, 15) is 5.11 Å². The molecule has 3 unspecified atom stereocenters. The second-order valence-corrected chi connectivity index (χ2v) is 2.63. The molecule has 0 aliphatic rings. The number of nitrogens with two attached hydrogens (primary N) is 2. The van der Waals surface area contributed by atoms with Crippen molar-refractivity contribution in [1.82, 2.24) is 0 Å². The van der Waals surface area contributed by atoms with Gasteiger partial charge in [0.15, 0.2) is 0 Å². The lowest BCUT2D eigenvalue weighted by atomic mass is 10.0. The molecule has 0 saturated heterocycles. The number of hydrogen-bond acceptors (Lipinski definition) is 3. The van der Waals surface area contributed by atoms with E-state index >= 15 is 0 Å². The molecule has 0 spiro atoms. The van der Waals surface area contributed by atoms with Crippen LogP contribution in [0.5, 0.6) is 0 Å². The second kappa shape index (κ2) is 4.66. The molecule has 0 heterocycles. The minimum absolute atomic E-state index is 0.0741. The van der Waals surface area contributed by atoms with Crippen molar-refractivity contribution in [3.05, 3.63) is 0 Å². The molecule has 0 aromatic rings. The van der Waals surface area contributed by atoms with E-state index in [1.54, 1.807) is 0 Å². The number of aliphatic hydroxyl groups is 1. The number of aliphatic hydroxyl groups excluding tert-OH is 1. The lowest BCUT2D eigenvalue weighted by molar-refractivity contribution is 0.128. The van der Waals surface area contributed by atoms with E-state index in [1.807, 2.05) is 13.8 Å². The molecule has 0 aromatic heterocycles. The normalized spacial score (nSPS) is 20.1. The Bertz CT molecular complexity index is 77.7. The molecule has 0 fully saturated rings. The molecule has 0 radical (unpaired) electrons. The van der Waals surface area contributed by atoms with Gasteiger partial charge in [-0.3, -0.25) is 0 Å². The largest absolute Gasteiger partial charge is 0.391 e. The Morgan fingerprint density at radius 1 is 1.20 bits per heavy atom. The molecule has 0 aliphatic heterocycles. The fraction of sp³-hybridized carbons (Fsp3) is 1.00. The Labute approximate surface area is 62.4 Å². The maximum absolute atomic E-state index is 9.22. The van der Waals surface area contributed by atoms with Crippen molar-refractivity contribution in [3.63, 3.8) is 0 Å². The fourth-order valence-corrected chi connectivity index (χ4v) is 0.830. The van der Waals surface area contributed by atoms with Gasteiger partial charge >= 0.3 is 0 Å². The van der Waals surface area contributed by atoms with Gasteiger partial charge in [0.05, 0.1) is 6.10 Å². The van der Waals surface area contributed by atoms with E-state index in [1.165, 1.54) is 0 Å². The summed E-state index contributed by atoms with van der Waals surface area (Å²) in [7, 11) is 0. The molecular weight excluding hydrogens is 128 g/mol. The van der Waals surface area contributed by atoms with Gasteiger partial charge in [-0.2, -0.15) is 0 Å². The van der Waals surface area contributed by atoms with Crippen LogP contribution in [0.4, 0.5) is 0 Å². The SMILES string of the molecule is CCC(N)C(N)C(O)CC. The van der Waals surface area contributed by atoms with Crippen molar-refractivity contribution >= 4 is 0 Å². The van der Waals surface area contributed by atoms with E-state index in [0.29, 0.717) is 6.42 Å². The van der Waals surface area contributed by atoms with Crippen molar-refractivity contribution in [2.75, 3.05) is 0 Å². The number of hydrogen-bond donors (Lipinski definition) is 3. The van der Waals surface area contributed by atoms with Gasteiger partial charge in [-0.1, -0.05) is 13.8 Å². The van der Waals surface area contributed by atoms with E-state index < -0.39 is 6.10 Å². The van der Waals surface area contributed by atoms with Gasteiger partial charge in [-0.25, -0.2) is 0 Å². The average Bonchev–Trinajstić information content (AvgIpc) is 2.00. The summed E-state index contributed by atoms with van der Waals surface area (Å²) in [5.41, 5.74) is 11.2. The van der Waals surface area contributed by atoms with Crippen LogP contribution in [0.3, 0.4) is 0 Å².